The molecule has 6 heteroatoms. The van der Waals surface area contributed by atoms with Crippen LogP contribution in [0.4, 0.5) is 0 Å². The maximum Gasteiger partial charge on any atom is 0.278 e. The van der Waals surface area contributed by atoms with Crippen molar-refractivity contribution in [3.63, 3.8) is 0 Å². The van der Waals surface area contributed by atoms with Gasteiger partial charge in [-0.15, -0.1) is 0 Å². The number of halogens is 2. The molecule has 1 aromatic heterocycles. The number of hydrogen-bond donors (Lipinski definition) is 0. The van der Waals surface area contributed by atoms with E-state index in [4.69, 9.17) is 27.9 Å². The van der Waals surface area contributed by atoms with Crippen LogP contribution >= 0.6 is 23.2 Å². The average molecular weight is 361 g/mol. The summed E-state index contributed by atoms with van der Waals surface area (Å²) in [5, 5.41) is 5.07. The molecule has 0 aliphatic carbocycles. The highest BCUT2D eigenvalue weighted by molar-refractivity contribution is 6.35. The Hall–Kier alpha value is -2.30. The molecule has 0 amide bonds. The molecule has 2 aromatic carbocycles. The molecule has 3 aromatic rings. The fourth-order valence-corrected chi connectivity index (χ4v) is 2.77. The first-order chi connectivity index (χ1) is 11.6. The van der Waals surface area contributed by atoms with E-state index < -0.39 is 6.10 Å². The first-order valence-corrected chi connectivity index (χ1v) is 8.07. The Bertz CT molecular complexity index is 862. The highest BCUT2D eigenvalue weighted by atomic mass is 35.5. The van der Waals surface area contributed by atoms with Crippen molar-refractivity contribution in [2.75, 3.05) is 0 Å². The lowest BCUT2D eigenvalue weighted by molar-refractivity contribution is 0.0928. The molecular formula is C18H14Cl2N2O2. The minimum Gasteiger partial charge on any atom is -0.483 e. The third-order valence-electron chi connectivity index (χ3n) is 3.50. The normalized spacial score (nSPS) is 12.0. The second kappa shape index (κ2) is 7.07. The predicted octanol–water partition coefficient (Wildman–Crippen LogP) is 5.02. The van der Waals surface area contributed by atoms with Gasteiger partial charge in [-0.05, 0) is 43.3 Å². The molecule has 122 valence electrons. The third-order valence-corrected chi connectivity index (χ3v) is 4.03. The van der Waals surface area contributed by atoms with Crippen molar-refractivity contribution >= 4 is 29.1 Å². The second-order valence-corrected chi connectivity index (χ2v) is 6.02. The van der Waals surface area contributed by atoms with E-state index in [2.05, 4.69) is 5.10 Å². The molecule has 0 fully saturated rings. The largest absolute Gasteiger partial charge is 0.483 e. The number of hydrogen-bond acceptors (Lipinski definition) is 3. The van der Waals surface area contributed by atoms with Gasteiger partial charge in [0.1, 0.15) is 11.9 Å². The molecule has 0 saturated carbocycles. The Morgan fingerprint density at radius 1 is 1.12 bits per heavy atom. The summed E-state index contributed by atoms with van der Waals surface area (Å²) in [5.74, 6) is 0.279. The van der Waals surface area contributed by atoms with Gasteiger partial charge in [0.15, 0.2) is 0 Å². The predicted molar refractivity (Wildman–Crippen MR) is 93.9 cm³/mol. The molecule has 0 aliphatic rings. The molecule has 0 unspecified atom stereocenters. The van der Waals surface area contributed by atoms with Crippen LogP contribution < -0.4 is 4.74 Å². The van der Waals surface area contributed by atoms with Crippen LogP contribution in [-0.4, -0.2) is 15.7 Å². The number of ether oxygens (including phenoxy) is 1. The van der Waals surface area contributed by atoms with Crippen LogP contribution in [-0.2, 0) is 0 Å². The maximum atomic E-state index is 12.6. The van der Waals surface area contributed by atoms with Gasteiger partial charge >= 0.3 is 0 Å². The summed E-state index contributed by atoms with van der Waals surface area (Å²) in [6.07, 6.45) is 1.15. The smallest absolute Gasteiger partial charge is 0.278 e. The summed E-state index contributed by atoms with van der Waals surface area (Å²) in [4.78, 5) is 12.6. The topological polar surface area (TPSA) is 44.1 Å². The fourth-order valence-electron chi connectivity index (χ4n) is 2.32. The zero-order chi connectivity index (χ0) is 17.1. The number of aromatic nitrogens is 2. The van der Waals surface area contributed by atoms with Gasteiger partial charge in [-0.25, -0.2) is 0 Å². The molecule has 0 bridgehead atoms. The van der Waals surface area contributed by atoms with E-state index in [-0.39, 0.29) is 5.91 Å². The highest BCUT2D eigenvalue weighted by Crippen LogP contribution is 2.31. The summed E-state index contributed by atoms with van der Waals surface area (Å²) in [7, 11) is 0. The van der Waals surface area contributed by atoms with E-state index >= 15 is 0 Å². The van der Waals surface area contributed by atoms with E-state index in [1.165, 1.54) is 4.68 Å². The van der Waals surface area contributed by atoms with Gasteiger partial charge in [-0.1, -0.05) is 41.4 Å². The van der Waals surface area contributed by atoms with Crippen molar-refractivity contribution in [2.45, 2.75) is 13.0 Å². The second-order valence-electron chi connectivity index (χ2n) is 5.17. The highest BCUT2D eigenvalue weighted by Gasteiger charge is 2.19. The van der Waals surface area contributed by atoms with Gasteiger partial charge in [-0.2, -0.15) is 9.78 Å². The third kappa shape index (κ3) is 3.45. The van der Waals surface area contributed by atoms with Gasteiger partial charge in [0, 0.05) is 16.8 Å². The molecule has 0 N–H and O–H groups in total. The molecule has 0 saturated heterocycles. The van der Waals surface area contributed by atoms with E-state index in [1.807, 2.05) is 25.1 Å². The van der Waals surface area contributed by atoms with Crippen LogP contribution in [0.5, 0.6) is 5.75 Å². The lowest BCUT2D eigenvalue weighted by atomic mass is 10.2. The molecule has 1 atom stereocenters. The molecule has 3 rings (SSSR count). The molecule has 0 aliphatic heterocycles. The van der Waals surface area contributed by atoms with Gasteiger partial charge in [0.05, 0.1) is 10.7 Å². The van der Waals surface area contributed by atoms with Crippen molar-refractivity contribution in [1.82, 2.24) is 9.78 Å². The number of rotatable bonds is 4. The quantitative estimate of drug-likeness (QED) is 0.656. The number of carbonyl (C=O) groups excluding carboxylic acids is 1. The molecular weight excluding hydrogens is 347 g/mol. The van der Waals surface area contributed by atoms with Crippen molar-refractivity contribution < 1.29 is 9.53 Å². The SMILES string of the molecule is C[C@H](Oc1ccc(Cl)cc1Cl)c1ccnn1C(=O)c1ccccc1. The summed E-state index contributed by atoms with van der Waals surface area (Å²) in [6, 6.07) is 15.7. The van der Waals surface area contributed by atoms with Crippen LogP contribution in [0.25, 0.3) is 0 Å². The number of carbonyl (C=O) groups is 1. The Morgan fingerprint density at radius 3 is 2.58 bits per heavy atom. The average Bonchev–Trinajstić information content (AvgIpc) is 3.07. The molecule has 1 heterocycles. The van der Waals surface area contributed by atoms with E-state index in [0.717, 1.165) is 0 Å². The Morgan fingerprint density at radius 2 is 1.88 bits per heavy atom. The fraction of sp³-hybridized carbons (Fsp3) is 0.111. The lowest BCUT2D eigenvalue weighted by Crippen LogP contribution is -2.19. The summed E-state index contributed by atoms with van der Waals surface area (Å²) in [5.41, 5.74) is 1.19. The Labute approximate surface area is 149 Å². The molecule has 0 radical (unpaired) electrons. The zero-order valence-electron chi connectivity index (χ0n) is 12.8. The summed E-state index contributed by atoms with van der Waals surface area (Å²) < 4.78 is 7.20. The summed E-state index contributed by atoms with van der Waals surface area (Å²) in [6.45, 7) is 1.83. The van der Waals surface area contributed by atoms with E-state index in [1.54, 1.807) is 42.6 Å². The first kappa shape index (κ1) is 16.6. The first-order valence-electron chi connectivity index (χ1n) is 7.31. The van der Waals surface area contributed by atoms with Crippen LogP contribution in [0.3, 0.4) is 0 Å². The van der Waals surface area contributed by atoms with Gasteiger partial charge in [0.25, 0.3) is 5.91 Å². The van der Waals surface area contributed by atoms with Crippen molar-refractivity contribution in [2.24, 2.45) is 0 Å². The Kier molecular flexibility index (Phi) is 4.88. The minimum absolute atomic E-state index is 0.215. The molecule has 0 spiro atoms. The number of benzene rings is 2. The molecule has 4 nitrogen and oxygen atoms in total. The number of nitrogens with zero attached hydrogens (tertiary/aromatic N) is 2. The van der Waals surface area contributed by atoms with E-state index in [9.17, 15) is 4.79 Å². The lowest BCUT2D eigenvalue weighted by Gasteiger charge is -2.17. The van der Waals surface area contributed by atoms with Crippen molar-refractivity contribution in [1.29, 1.82) is 0 Å². The van der Waals surface area contributed by atoms with Crippen molar-refractivity contribution in [3.8, 4) is 5.75 Å². The van der Waals surface area contributed by atoms with Gasteiger partial charge < -0.3 is 4.74 Å². The standard InChI is InChI=1S/C18H14Cl2N2O2/c1-12(24-17-8-7-14(19)11-15(17)20)16-9-10-21-22(16)18(23)13-5-3-2-4-6-13/h2-12H,1H3/t12-/m0/s1. The minimum atomic E-state index is -0.418. The van der Waals surface area contributed by atoms with Gasteiger partial charge in [0.2, 0.25) is 0 Å². The summed E-state index contributed by atoms with van der Waals surface area (Å²) >= 11 is 12.0. The Balaban J connectivity index is 1.85. The monoisotopic (exact) mass is 360 g/mol. The van der Waals surface area contributed by atoms with Crippen LogP contribution in [0.15, 0.2) is 60.8 Å². The maximum absolute atomic E-state index is 12.6. The zero-order valence-corrected chi connectivity index (χ0v) is 14.3. The van der Waals surface area contributed by atoms with Crippen LogP contribution in [0.1, 0.15) is 29.1 Å². The van der Waals surface area contributed by atoms with E-state index in [0.29, 0.717) is 27.1 Å². The van der Waals surface area contributed by atoms with Gasteiger partial charge in [-0.3, -0.25) is 4.79 Å². The van der Waals surface area contributed by atoms with Crippen LogP contribution in [0, 0.1) is 0 Å². The van der Waals surface area contributed by atoms with Crippen LogP contribution in [0.2, 0.25) is 10.0 Å². The van der Waals surface area contributed by atoms with Crippen molar-refractivity contribution in [3.05, 3.63) is 82.1 Å². The molecule has 24 heavy (non-hydrogen) atoms.